The SMILES string of the molecule is CC(C)N1C(=O)C2C3CC4C(OC1(C1CCCC1)C42)C3=O. The van der Waals surface area contributed by atoms with Crippen molar-refractivity contribution < 1.29 is 14.3 Å². The quantitative estimate of drug-likeness (QED) is 0.781. The summed E-state index contributed by atoms with van der Waals surface area (Å²) >= 11 is 0. The third-order valence-electron chi connectivity index (χ3n) is 6.99. The lowest BCUT2D eigenvalue weighted by Gasteiger charge is -2.45. The van der Waals surface area contributed by atoms with Crippen LogP contribution < -0.4 is 0 Å². The van der Waals surface area contributed by atoms with E-state index in [1.807, 2.05) is 0 Å². The van der Waals surface area contributed by atoms with Crippen molar-refractivity contribution in [3.05, 3.63) is 0 Å². The Morgan fingerprint density at radius 2 is 1.95 bits per heavy atom. The molecule has 5 fully saturated rings. The fourth-order valence-corrected chi connectivity index (χ4v) is 6.56. The Kier molecular flexibility index (Phi) is 2.23. The second-order valence-corrected chi connectivity index (χ2v) is 8.03. The first-order chi connectivity index (χ1) is 10.1. The first kappa shape index (κ1) is 12.6. The molecule has 3 saturated carbocycles. The first-order valence-electron chi connectivity index (χ1n) is 8.62. The van der Waals surface area contributed by atoms with Crippen LogP contribution in [0.5, 0.6) is 0 Å². The topological polar surface area (TPSA) is 46.6 Å². The van der Waals surface area contributed by atoms with Gasteiger partial charge in [-0.3, -0.25) is 9.59 Å². The van der Waals surface area contributed by atoms with Gasteiger partial charge in [0.15, 0.2) is 11.5 Å². The number of ketones is 1. The molecule has 0 spiro atoms. The molecule has 5 aliphatic rings. The molecule has 21 heavy (non-hydrogen) atoms. The number of carbonyl (C=O) groups is 2. The molecule has 2 saturated heterocycles. The Hall–Kier alpha value is -0.900. The van der Waals surface area contributed by atoms with Gasteiger partial charge in [0.25, 0.3) is 0 Å². The molecule has 6 unspecified atom stereocenters. The van der Waals surface area contributed by atoms with Crippen LogP contribution in [0.3, 0.4) is 0 Å². The smallest absolute Gasteiger partial charge is 0.229 e. The average Bonchev–Trinajstić information content (AvgIpc) is 3.16. The fourth-order valence-electron chi connectivity index (χ4n) is 6.56. The molecule has 2 aliphatic heterocycles. The summed E-state index contributed by atoms with van der Waals surface area (Å²) in [5.74, 6) is 1.40. The summed E-state index contributed by atoms with van der Waals surface area (Å²) in [7, 11) is 0. The van der Waals surface area contributed by atoms with Gasteiger partial charge in [-0.15, -0.1) is 0 Å². The Labute approximate surface area is 125 Å². The van der Waals surface area contributed by atoms with Crippen molar-refractivity contribution in [1.82, 2.24) is 4.90 Å². The molecule has 5 rings (SSSR count). The van der Waals surface area contributed by atoms with Gasteiger partial charge in [0.2, 0.25) is 5.91 Å². The summed E-state index contributed by atoms with van der Waals surface area (Å²) in [5.41, 5.74) is -0.442. The molecule has 0 aromatic carbocycles. The van der Waals surface area contributed by atoms with Gasteiger partial charge in [0.1, 0.15) is 6.10 Å². The predicted molar refractivity (Wildman–Crippen MR) is 75.1 cm³/mol. The third kappa shape index (κ3) is 1.17. The van der Waals surface area contributed by atoms with E-state index in [0.29, 0.717) is 17.8 Å². The number of rotatable bonds is 2. The number of likely N-dealkylation sites (tertiary alicyclic amines) is 1. The highest BCUT2D eigenvalue weighted by atomic mass is 16.5. The van der Waals surface area contributed by atoms with Crippen molar-refractivity contribution in [2.45, 2.75) is 63.8 Å². The Morgan fingerprint density at radius 3 is 2.62 bits per heavy atom. The van der Waals surface area contributed by atoms with E-state index in [1.54, 1.807) is 0 Å². The molecule has 2 heterocycles. The number of hydrogen-bond donors (Lipinski definition) is 0. The van der Waals surface area contributed by atoms with Gasteiger partial charge in [-0.05, 0) is 33.1 Å². The minimum Gasteiger partial charge on any atom is -0.344 e. The van der Waals surface area contributed by atoms with Gasteiger partial charge in [0.05, 0.1) is 5.92 Å². The third-order valence-corrected chi connectivity index (χ3v) is 6.99. The zero-order valence-electron chi connectivity index (χ0n) is 12.7. The van der Waals surface area contributed by atoms with Gasteiger partial charge in [-0.2, -0.15) is 0 Å². The average molecular weight is 289 g/mol. The molecule has 114 valence electrons. The number of amides is 1. The molecule has 0 aromatic heterocycles. The van der Waals surface area contributed by atoms with E-state index in [9.17, 15) is 9.59 Å². The lowest BCUT2D eigenvalue weighted by Crippen LogP contribution is -2.57. The number of carbonyl (C=O) groups excluding carboxylic acids is 2. The van der Waals surface area contributed by atoms with Crippen molar-refractivity contribution in [3.8, 4) is 0 Å². The molecule has 0 aromatic rings. The summed E-state index contributed by atoms with van der Waals surface area (Å²) in [6.07, 6.45) is 5.48. The molecule has 3 aliphatic carbocycles. The molecule has 2 bridgehead atoms. The maximum atomic E-state index is 13.1. The Balaban J connectivity index is 1.69. The van der Waals surface area contributed by atoms with Crippen LogP contribution in [0.2, 0.25) is 0 Å². The molecular formula is C17H23NO3. The number of Topliss-reactive ketones (excluding diaryl/α,β-unsaturated/α-hetero) is 1. The number of nitrogens with zero attached hydrogens (tertiary/aromatic N) is 1. The van der Waals surface area contributed by atoms with Crippen LogP contribution in [-0.4, -0.2) is 34.5 Å². The van der Waals surface area contributed by atoms with E-state index in [4.69, 9.17) is 4.74 Å². The van der Waals surface area contributed by atoms with Crippen molar-refractivity contribution >= 4 is 11.7 Å². The molecule has 6 atom stereocenters. The van der Waals surface area contributed by atoms with Crippen LogP contribution >= 0.6 is 0 Å². The zero-order chi connectivity index (χ0) is 14.5. The highest BCUT2D eigenvalue weighted by Crippen LogP contribution is 2.69. The highest BCUT2D eigenvalue weighted by Gasteiger charge is 2.80. The van der Waals surface area contributed by atoms with Gasteiger partial charge in [-0.25, -0.2) is 0 Å². The normalized spacial score (nSPS) is 51.2. The second-order valence-electron chi connectivity index (χ2n) is 8.03. The molecule has 0 N–H and O–H groups in total. The number of fused-ring (bicyclic) bond motifs is 2. The minimum atomic E-state index is -0.442. The van der Waals surface area contributed by atoms with Gasteiger partial charge in [-0.1, -0.05) is 12.8 Å². The van der Waals surface area contributed by atoms with E-state index >= 15 is 0 Å². The number of hydrogen-bond acceptors (Lipinski definition) is 3. The summed E-state index contributed by atoms with van der Waals surface area (Å²) in [5, 5.41) is 0. The van der Waals surface area contributed by atoms with E-state index in [0.717, 1.165) is 19.3 Å². The summed E-state index contributed by atoms with van der Waals surface area (Å²) in [4.78, 5) is 27.6. The maximum Gasteiger partial charge on any atom is 0.229 e. The monoisotopic (exact) mass is 289 g/mol. The summed E-state index contributed by atoms with van der Waals surface area (Å²) < 4.78 is 6.51. The van der Waals surface area contributed by atoms with Crippen molar-refractivity contribution in [2.24, 2.45) is 29.6 Å². The van der Waals surface area contributed by atoms with Crippen LogP contribution in [-0.2, 0) is 14.3 Å². The zero-order valence-corrected chi connectivity index (χ0v) is 12.7. The Morgan fingerprint density at radius 1 is 1.24 bits per heavy atom. The molecule has 1 amide bonds. The van der Waals surface area contributed by atoms with Crippen LogP contribution in [0.1, 0.15) is 46.0 Å². The van der Waals surface area contributed by atoms with Crippen LogP contribution in [0.25, 0.3) is 0 Å². The maximum absolute atomic E-state index is 13.1. The van der Waals surface area contributed by atoms with Crippen molar-refractivity contribution in [2.75, 3.05) is 0 Å². The molecule has 4 heteroatoms. The van der Waals surface area contributed by atoms with Gasteiger partial charge in [0, 0.05) is 29.7 Å². The van der Waals surface area contributed by atoms with Gasteiger partial charge >= 0.3 is 0 Å². The van der Waals surface area contributed by atoms with Crippen molar-refractivity contribution in [3.63, 3.8) is 0 Å². The van der Waals surface area contributed by atoms with E-state index < -0.39 is 5.72 Å². The van der Waals surface area contributed by atoms with E-state index in [1.165, 1.54) is 12.8 Å². The standard InChI is InChI=1S/C17H23NO3/c1-8(2)18-16(20)12-10-7-11-13(12)17(18,9-5-3-4-6-9)21-15(11)14(10)19/h8-13,15H,3-7H2,1-2H3. The second kappa shape index (κ2) is 3.70. The van der Waals surface area contributed by atoms with Gasteiger partial charge < -0.3 is 9.64 Å². The first-order valence-corrected chi connectivity index (χ1v) is 8.62. The molecule has 4 nitrogen and oxygen atoms in total. The largest absolute Gasteiger partial charge is 0.344 e. The summed E-state index contributed by atoms with van der Waals surface area (Å²) in [6.45, 7) is 4.19. The molecule has 0 radical (unpaired) electrons. The van der Waals surface area contributed by atoms with Crippen LogP contribution in [0.4, 0.5) is 0 Å². The van der Waals surface area contributed by atoms with Crippen LogP contribution in [0, 0.1) is 29.6 Å². The lowest BCUT2D eigenvalue weighted by atomic mass is 9.73. The highest BCUT2D eigenvalue weighted by molar-refractivity contribution is 5.98. The predicted octanol–water partition coefficient (Wildman–Crippen LogP) is 1.97. The van der Waals surface area contributed by atoms with Crippen LogP contribution in [0.15, 0.2) is 0 Å². The van der Waals surface area contributed by atoms with E-state index in [-0.39, 0.29) is 35.7 Å². The molecular weight excluding hydrogens is 266 g/mol. The van der Waals surface area contributed by atoms with E-state index in [2.05, 4.69) is 18.7 Å². The van der Waals surface area contributed by atoms with Crippen molar-refractivity contribution in [1.29, 1.82) is 0 Å². The number of ether oxygens (including phenoxy) is 1. The Bertz CT molecular complexity index is 538. The minimum absolute atomic E-state index is 0.0375. The fraction of sp³-hybridized carbons (Fsp3) is 0.882. The summed E-state index contributed by atoms with van der Waals surface area (Å²) in [6, 6.07) is 0.164. The lowest BCUT2D eigenvalue weighted by molar-refractivity contribution is -0.193.